The lowest BCUT2D eigenvalue weighted by atomic mass is 10.1. The molecule has 3 atom stereocenters. The summed E-state index contributed by atoms with van der Waals surface area (Å²) in [5.41, 5.74) is 0. The van der Waals surface area contributed by atoms with Crippen LogP contribution >= 0.6 is 11.6 Å². The largest absolute Gasteiger partial charge is 0.491 e. The number of carbonyl (C=O) groups is 1. The molecular weight excluding hydrogens is 446 g/mol. The number of benzene rings is 1. The molecule has 0 bridgehead atoms. The Kier molecular flexibility index (Phi) is 14.4. The molecule has 0 spiro atoms. The number of ether oxygens (including phenoxy) is 4. The highest BCUT2D eigenvalue weighted by atomic mass is 35.5. The molecule has 8 heteroatoms. The average molecular weight is 486 g/mol. The predicted molar refractivity (Wildman–Crippen MR) is 129 cm³/mol. The maximum absolute atomic E-state index is 11.2. The Balaban J connectivity index is 1.65. The maximum Gasteiger partial charge on any atom is 0.305 e. The lowest BCUT2D eigenvalue weighted by molar-refractivity contribution is -0.166. The summed E-state index contributed by atoms with van der Waals surface area (Å²) in [6.45, 7) is 2.26. The van der Waals surface area contributed by atoms with E-state index in [-0.39, 0.29) is 24.9 Å². The van der Waals surface area contributed by atoms with Crippen molar-refractivity contribution in [3.63, 3.8) is 0 Å². The van der Waals surface area contributed by atoms with Crippen molar-refractivity contribution < 1.29 is 28.8 Å². The van der Waals surface area contributed by atoms with Crippen LogP contribution in [0.3, 0.4) is 0 Å². The van der Waals surface area contributed by atoms with Gasteiger partial charge in [-0.1, -0.05) is 30.9 Å². The topological polar surface area (TPSA) is 86.3 Å². The van der Waals surface area contributed by atoms with Crippen LogP contribution < -0.4 is 10.1 Å². The number of carbonyl (C=O) groups excluding carboxylic acids is 1. The second-order valence-corrected chi connectivity index (χ2v) is 8.95. The van der Waals surface area contributed by atoms with Crippen molar-refractivity contribution in [2.75, 3.05) is 33.5 Å². The van der Waals surface area contributed by atoms with Crippen LogP contribution in [0.5, 0.6) is 5.75 Å². The molecule has 0 saturated carbocycles. The molecule has 0 aromatic heterocycles. The van der Waals surface area contributed by atoms with E-state index in [0.717, 1.165) is 58.0 Å². The summed E-state index contributed by atoms with van der Waals surface area (Å²) in [5, 5.41) is 14.5. The summed E-state index contributed by atoms with van der Waals surface area (Å²) in [5.74, 6) is 0.548. The highest BCUT2D eigenvalue weighted by molar-refractivity contribution is 6.30. The van der Waals surface area contributed by atoms with E-state index in [9.17, 15) is 9.90 Å². The Morgan fingerprint density at radius 3 is 2.67 bits per heavy atom. The smallest absolute Gasteiger partial charge is 0.305 e. The van der Waals surface area contributed by atoms with Crippen LogP contribution in [-0.4, -0.2) is 63.0 Å². The molecule has 3 unspecified atom stereocenters. The van der Waals surface area contributed by atoms with Crippen LogP contribution in [-0.2, 0) is 19.0 Å². The molecule has 1 aliphatic rings. The number of hydrogen-bond acceptors (Lipinski definition) is 7. The fourth-order valence-corrected chi connectivity index (χ4v) is 3.81. The fourth-order valence-electron chi connectivity index (χ4n) is 3.69. The number of halogens is 1. The monoisotopic (exact) mass is 485 g/mol. The number of methoxy groups -OCH3 is 1. The molecule has 0 radical (unpaired) electrons. The molecule has 1 heterocycles. The van der Waals surface area contributed by atoms with Gasteiger partial charge in [0.2, 0.25) is 0 Å². The van der Waals surface area contributed by atoms with Crippen LogP contribution in [0.4, 0.5) is 0 Å². The summed E-state index contributed by atoms with van der Waals surface area (Å²) in [6, 6.07) is 7.31. The van der Waals surface area contributed by atoms with Crippen molar-refractivity contribution in [1.82, 2.24) is 5.32 Å². The summed E-state index contributed by atoms with van der Waals surface area (Å²) < 4.78 is 22.0. The number of unbranched alkanes of at least 4 members (excludes halogenated alkanes) is 3. The predicted octanol–water partition coefficient (Wildman–Crippen LogP) is 4.48. The van der Waals surface area contributed by atoms with E-state index in [2.05, 4.69) is 10.1 Å². The quantitative estimate of drug-likeness (QED) is 0.248. The number of esters is 1. The molecule has 1 fully saturated rings. The minimum Gasteiger partial charge on any atom is -0.491 e. The highest BCUT2D eigenvalue weighted by Gasteiger charge is 2.17. The van der Waals surface area contributed by atoms with Crippen LogP contribution in [0.25, 0.3) is 0 Å². The van der Waals surface area contributed by atoms with Gasteiger partial charge in [-0.15, -0.1) is 0 Å². The van der Waals surface area contributed by atoms with E-state index in [4.69, 9.17) is 25.8 Å². The molecular formula is C25H40ClNO6. The van der Waals surface area contributed by atoms with Gasteiger partial charge in [-0.25, -0.2) is 0 Å². The Bertz CT molecular complexity index is 638. The van der Waals surface area contributed by atoms with Gasteiger partial charge in [-0.05, 0) is 69.3 Å². The summed E-state index contributed by atoms with van der Waals surface area (Å²) in [6.07, 6.45) is 8.54. The van der Waals surface area contributed by atoms with Gasteiger partial charge in [0.25, 0.3) is 0 Å². The van der Waals surface area contributed by atoms with Gasteiger partial charge >= 0.3 is 5.97 Å². The molecule has 0 aliphatic carbocycles. The Morgan fingerprint density at radius 2 is 1.94 bits per heavy atom. The van der Waals surface area contributed by atoms with E-state index in [1.54, 1.807) is 24.3 Å². The first-order valence-electron chi connectivity index (χ1n) is 12.2. The Morgan fingerprint density at radius 1 is 1.15 bits per heavy atom. The van der Waals surface area contributed by atoms with Gasteiger partial charge in [-0.2, -0.15) is 0 Å². The van der Waals surface area contributed by atoms with Crippen LogP contribution in [0.1, 0.15) is 64.2 Å². The minimum absolute atomic E-state index is 0.110. The number of aliphatic hydroxyl groups excluding tert-OH is 1. The average Bonchev–Trinajstić information content (AvgIpc) is 2.84. The van der Waals surface area contributed by atoms with E-state index >= 15 is 0 Å². The maximum atomic E-state index is 11.2. The third kappa shape index (κ3) is 13.2. The van der Waals surface area contributed by atoms with E-state index in [0.29, 0.717) is 36.8 Å². The van der Waals surface area contributed by atoms with Gasteiger partial charge in [0.1, 0.15) is 12.4 Å². The fraction of sp³-hybridized carbons (Fsp3) is 0.720. The van der Waals surface area contributed by atoms with E-state index < -0.39 is 6.10 Å². The SMILES string of the molecule is COC(=O)CCCCCCC(COC1CCCCO1)NCCC(O)COc1ccc(Cl)cc1. The van der Waals surface area contributed by atoms with E-state index in [1.807, 2.05) is 0 Å². The molecule has 1 aliphatic heterocycles. The zero-order chi connectivity index (χ0) is 23.7. The first kappa shape index (κ1) is 27.9. The van der Waals surface area contributed by atoms with Crippen LogP contribution in [0, 0.1) is 0 Å². The van der Waals surface area contributed by atoms with Gasteiger partial charge in [0.05, 0.1) is 19.8 Å². The van der Waals surface area contributed by atoms with Crippen LogP contribution in [0.15, 0.2) is 24.3 Å². The number of aliphatic hydroxyl groups is 1. The normalized spacial score (nSPS) is 18.0. The standard InChI is InChI=1S/C25H40ClNO6/c1-30-24(29)9-5-3-2-4-8-21(18-33-25-10-6-7-17-31-25)27-16-15-22(28)19-32-23-13-11-20(26)12-14-23/h11-14,21-22,25,27-28H,2-10,15-19H2,1H3. The number of nitrogens with one attached hydrogen (secondary N) is 1. The molecule has 1 aromatic carbocycles. The van der Waals surface area contributed by atoms with Crippen molar-refractivity contribution in [2.24, 2.45) is 0 Å². The third-order valence-electron chi connectivity index (χ3n) is 5.70. The van der Waals surface area contributed by atoms with Gasteiger partial charge in [-0.3, -0.25) is 4.79 Å². The summed E-state index contributed by atoms with van der Waals surface area (Å²) >= 11 is 5.88. The molecule has 188 valence electrons. The summed E-state index contributed by atoms with van der Waals surface area (Å²) in [4.78, 5) is 11.2. The molecule has 0 amide bonds. The van der Waals surface area contributed by atoms with Crippen molar-refractivity contribution in [3.8, 4) is 5.75 Å². The Labute approximate surface area is 203 Å². The lowest BCUT2D eigenvalue weighted by Gasteiger charge is -2.26. The van der Waals surface area contributed by atoms with Gasteiger partial charge in [0.15, 0.2) is 6.29 Å². The molecule has 1 saturated heterocycles. The highest BCUT2D eigenvalue weighted by Crippen LogP contribution is 2.17. The first-order chi connectivity index (χ1) is 16.1. The second-order valence-electron chi connectivity index (χ2n) is 8.52. The summed E-state index contributed by atoms with van der Waals surface area (Å²) in [7, 11) is 1.43. The molecule has 1 aromatic rings. The Hall–Kier alpha value is -1.38. The zero-order valence-corrected chi connectivity index (χ0v) is 20.6. The van der Waals surface area contributed by atoms with Gasteiger partial charge in [0, 0.05) is 24.1 Å². The van der Waals surface area contributed by atoms with Crippen molar-refractivity contribution in [2.45, 2.75) is 82.6 Å². The second kappa shape index (κ2) is 17.1. The minimum atomic E-state index is -0.560. The third-order valence-corrected chi connectivity index (χ3v) is 5.95. The van der Waals surface area contributed by atoms with Crippen molar-refractivity contribution >= 4 is 17.6 Å². The van der Waals surface area contributed by atoms with Crippen molar-refractivity contribution in [1.29, 1.82) is 0 Å². The van der Waals surface area contributed by atoms with Crippen molar-refractivity contribution in [3.05, 3.63) is 29.3 Å². The molecule has 2 rings (SSSR count). The lowest BCUT2D eigenvalue weighted by Crippen LogP contribution is -2.38. The molecule has 7 nitrogen and oxygen atoms in total. The zero-order valence-electron chi connectivity index (χ0n) is 19.8. The van der Waals surface area contributed by atoms with E-state index in [1.165, 1.54) is 7.11 Å². The van der Waals surface area contributed by atoms with Gasteiger partial charge < -0.3 is 29.4 Å². The van der Waals surface area contributed by atoms with Crippen LogP contribution in [0.2, 0.25) is 5.02 Å². The number of rotatable bonds is 17. The first-order valence-corrected chi connectivity index (χ1v) is 12.5. The molecule has 33 heavy (non-hydrogen) atoms. The molecule has 2 N–H and O–H groups in total. The number of hydrogen-bond donors (Lipinski definition) is 2.